The largest absolute Gasteiger partial charge is 0.497 e. The van der Waals surface area contributed by atoms with Gasteiger partial charge in [-0.05, 0) is 29.8 Å². The molecule has 0 aliphatic carbocycles. The average Bonchev–Trinajstić information content (AvgIpc) is 3.18. The fraction of sp³-hybridized carbons (Fsp3) is 0.188. The molecule has 0 aliphatic heterocycles. The minimum Gasteiger partial charge on any atom is -0.497 e. The topological polar surface area (TPSA) is 61.3 Å². The van der Waals surface area contributed by atoms with E-state index >= 15 is 0 Å². The van der Waals surface area contributed by atoms with E-state index in [0.29, 0.717) is 6.42 Å². The number of aromatic nitrogens is 1. The molecule has 1 unspecified atom stereocenters. The van der Waals surface area contributed by atoms with Gasteiger partial charge in [-0.2, -0.15) is 0 Å². The third-order valence-electron chi connectivity index (χ3n) is 3.24. The molecule has 2 heterocycles. The van der Waals surface area contributed by atoms with Gasteiger partial charge in [0.05, 0.1) is 18.4 Å². The van der Waals surface area contributed by atoms with Crippen molar-refractivity contribution in [1.82, 2.24) is 4.98 Å². The van der Waals surface area contributed by atoms with Crippen LogP contribution in [0.1, 0.15) is 16.6 Å². The zero-order valence-corrected chi connectivity index (χ0v) is 12.5. The Morgan fingerprint density at radius 3 is 3.00 bits per heavy atom. The van der Waals surface area contributed by atoms with Gasteiger partial charge in [-0.1, -0.05) is 12.1 Å². The first-order valence-corrected chi connectivity index (χ1v) is 7.52. The molecule has 2 N–H and O–H groups in total. The van der Waals surface area contributed by atoms with Crippen LogP contribution in [0.25, 0.3) is 11.5 Å². The number of rotatable bonds is 5. The minimum atomic E-state index is -0.101. The predicted molar refractivity (Wildman–Crippen MR) is 83.4 cm³/mol. The first kappa shape index (κ1) is 13.9. The van der Waals surface area contributed by atoms with Crippen LogP contribution in [0.15, 0.2) is 52.5 Å². The second-order valence-electron chi connectivity index (χ2n) is 4.69. The van der Waals surface area contributed by atoms with Crippen LogP contribution in [0, 0.1) is 0 Å². The molecule has 5 heteroatoms. The second kappa shape index (κ2) is 6.11. The Morgan fingerprint density at radius 2 is 2.24 bits per heavy atom. The fourth-order valence-corrected chi connectivity index (χ4v) is 2.96. The van der Waals surface area contributed by atoms with E-state index in [1.165, 1.54) is 0 Å². The van der Waals surface area contributed by atoms with Crippen molar-refractivity contribution in [3.05, 3.63) is 58.6 Å². The van der Waals surface area contributed by atoms with Gasteiger partial charge in [0, 0.05) is 17.8 Å². The summed E-state index contributed by atoms with van der Waals surface area (Å²) >= 11 is 1.60. The van der Waals surface area contributed by atoms with Crippen molar-refractivity contribution in [2.75, 3.05) is 7.11 Å². The second-order valence-corrected chi connectivity index (χ2v) is 5.63. The lowest BCUT2D eigenvalue weighted by atomic mass is 10.0. The van der Waals surface area contributed by atoms with Gasteiger partial charge in [-0.25, -0.2) is 4.98 Å². The van der Waals surface area contributed by atoms with Gasteiger partial charge < -0.3 is 14.9 Å². The zero-order valence-electron chi connectivity index (χ0n) is 11.7. The van der Waals surface area contributed by atoms with Crippen LogP contribution < -0.4 is 10.5 Å². The highest BCUT2D eigenvalue weighted by atomic mass is 32.1. The van der Waals surface area contributed by atoms with E-state index in [2.05, 4.69) is 4.98 Å². The van der Waals surface area contributed by atoms with Crippen molar-refractivity contribution in [3.63, 3.8) is 0 Å². The van der Waals surface area contributed by atoms with E-state index in [1.807, 2.05) is 41.8 Å². The zero-order chi connectivity index (χ0) is 14.7. The van der Waals surface area contributed by atoms with Crippen LogP contribution in [-0.4, -0.2) is 12.1 Å². The number of hydrogen-bond acceptors (Lipinski definition) is 5. The third-order valence-corrected chi connectivity index (χ3v) is 4.11. The average molecular weight is 300 g/mol. The summed E-state index contributed by atoms with van der Waals surface area (Å²) in [5.74, 6) is 1.60. The number of thiazole rings is 1. The van der Waals surface area contributed by atoms with Crippen molar-refractivity contribution in [3.8, 4) is 17.2 Å². The molecule has 0 amide bonds. The van der Waals surface area contributed by atoms with Crippen LogP contribution in [0.3, 0.4) is 0 Å². The van der Waals surface area contributed by atoms with E-state index in [9.17, 15) is 0 Å². The Morgan fingerprint density at radius 1 is 1.33 bits per heavy atom. The minimum absolute atomic E-state index is 0.101. The highest BCUT2D eigenvalue weighted by molar-refractivity contribution is 7.09. The van der Waals surface area contributed by atoms with Crippen LogP contribution in [0.2, 0.25) is 0 Å². The fourth-order valence-electron chi connectivity index (χ4n) is 2.12. The number of nitrogens with zero attached hydrogens (tertiary/aromatic N) is 1. The molecule has 3 aromatic rings. The lowest BCUT2D eigenvalue weighted by molar-refractivity contribution is 0.414. The molecule has 108 valence electrons. The standard InChI is InChI=1S/C16H16N2O2S/c1-19-12-5-2-4-11(8-12)13(17)9-16-18-14(10-21-16)15-6-3-7-20-15/h2-8,10,13H,9,17H2,1H3. The highest BCUT2D eigenvalue weighted by Gasteiger charge is 2.12. The normalized spacial score (nSPS) is 12.3. The molecule has 0 saturated carbocycles. The summed E-state index contributed by atoms with van der Waals surface area (Å²) in [5, 5.41) is 2.99. The van der Waals surface area contributed by atoms with Crippen molar-refractivity contribution >= 4 is 11.3 Å². The summed E-state index contributed by atoms with van der Waals surface area (Å²) in [7, 11) is 1.65. The molecule has 2 aromatic heterocycles. The maximum absolute atomic E-state index is 6.27. The molecule has 1 aromatic carbocycles. The van der Waals surface area contributed by atoms with Gasteiger partial charge in [0.1, 0.15) is 11.4 Å². The number of furan rings is 1. The van der Waals surface area contributed by atoms with E-state index in [4.69, 9.17) is 14.9 Å². The molecule has 0 bridgehead atoms. The van der Waals surface area contributed by atoms with E-state index < -0.39 is 0 Å². The summed E-state index contributed by atoms with van der Waals surface area (Å²) in [6, 6.07) is 11.5. The summed E-state index contributed by atoms with van der Waals surface area (Å²) in [6.45, 7) is 0. The molecule has 0 saturated heterocycles. The van der Waals surface area contributed by atoms with Crippen molar-refractivity contribution in [2.24, 2.45) is 5.73 Å². The van der Waals surface area contributed by atoms with Gasteiger partial charge >= 0.3 is 0 Å². The Balaban J connectivity index is 1.74. The number of hydrogen-bond donors (Lipinski definition) is 1. The van der Waals surface area contributed by atoms with Crippen LogP contribution in [-0.2, 0) is 6.42 Å². The van der Waals surface area contributed by atoms with Gasteiger partial charge in [-0.3, -0.25) is 0 Å². The van der Waals surface area contributed by atoms with Crippen molar-refractivity contribution in [2.45, 2.75) is 12.5 Å². The molecule has 0 aliphatic rings. The van der Waals surface area contributed by atoms with E-state index in [-0.39, 0.29) is 6.04 Å². The number of methoxy groups -OCH3 is 1. The Hall–Kier alpha value is -2.11. The van der Waals surface area contributed by atoms with E-state index in [1.54, 1.807) is 24.7 Å². The Kier molecular flexibility index (Phi) is 4.03. The SMILES string of the molecule is COc1cccc(C(N)Cc2nc(-c3ccco3)cs2)c1. The predicted octanol–water partition coefficient (Wildman–Crippen LogP) is 3.65. The molecular formula is C16H16N2O2S. The van der Waals surface area contributed by atoms with Crippen LogP contribution in [0.4, 0.5) is 0 Å². The third kappa shape index (κ3) is 3.15. The number of ether oxygens (including phenoxy) is 1. The number of benzene rings is 1. The quantitative estimate of drug-likeness (QED) is 0.781. The first-order chi connectivity index (χ1) is 10.3. The van der Waals surface area contributed by atoms with E-state index in [0.717, 1.165) is 27.8 Å². The monoisotopic (exact) mass is 300 g/mol. The molecule has 21 heavy (non-hydrogen) atoms. The maximum atomic E-state index is 6.27. The molecular weight excluding hydrogens is 284 g/mol. The molecule has 0 radical (unpaired) electrons. The van der Waals surface area contributed by atoms with Crippen molar-refractivity contribution < 1.29 is 9.15 Å². The Bertz CT molecular complexity index is 707. The summed E-state index contributed by atoms with van der Waals surface area (Å²) in [4.78, 5) is 4.57. The Labute approximate surface area is 127 Å². The number of nitrogens with two attached hydrogens (primary N) is 1. The first-order valence-electron chi connectivity index (χ1n) is 6.64. The smallest absolute Gasteiger partial charge is 0.153 e. The molecule has 0 spiro atoms. The molecule has 0 fully saturated rings. The highest BCUT2D eigenvalue weighted by Crippen LogP contribution is 2.26. The van der Waals surface area contributed by atoms with Gasteiger partial charge in [0.25, 0.3) is 0 Å². The molecule has 1 atom stereocenters. The maximum Gasteiger partial charge on any atom is 0.153 e. The van der Waals surface area contributed by atoms with Gasteiger partial charge in [0.2, 0.25) is 0 Å². The van der Waals surface area contributed by atoms with Crippen LogP contribution in [0.5, 0.6) is 5.75 Å². The van der Waals surface area contributed by atoms with Crippen LogP contribution >= 0.6 is 11.3 Å². The van der Waals surface area contributed by atoms with Gasteiger partial charge in [0.15, 0.2) is 5.76 Å². The summed E-state index contributed by atoms with van der Waals surface area (Å²) < 4.78 is 10.6. The molecule has 3 rings (SSSR count). The summed E-state index contributed by atoms with van der Waals surface area (Å²) in [6.07, 6.45) is 2.34. The summed E-state index contributed by atoms with van der Waals surface area (Å²) in [5.41, 5.74) is 8.17. The van der Waals surface area contributed by atoms with Gasteiger partial charge in [-0.15, -0.1) is 11.3 Å². The molecule has 4 nitrogen and oxygen atoms in total. The van der Waals surface area contributed by atoms with Crippen molar-refractivity contribution in [1.29, 1.82) is 0 Å². The lowest BCUT2D eigenvalue weighted by Gasteiger charge is -2.11. The lowest BCUT2D eigenvalue weighted by Crippen LogP contribution is -2.13.